The molecule has 2 fully saturated rings. The van der Waals surface area contributed by atoms with Crippen LogP contribution in [0, 0.1) is 17.7 Å². The predicted molar refractivity (Wildman–Crippen MR) is 244 cm³/mol. The number of aromatic amines is 2. The number of ether oxygens (including phenoxy) is 3. The molecule has 3 aliphatic rings. The second kappa shape index (κ2) is 18.5. The molecule has 7 heterocycles. The van der Waals surface area contributed by atoms with Crippen LogP contribution in [-0.2, 0) is 25.2 Å². The minimum atomic E-state index is -4.71. The Hall–Kier alpha value is -6.97. The number of carbonyl (C=O) groups is 4. The third-order valence-electron chi connectivity index (χ3n) is 12.9. The van der Waals surface area contributed by atoms with Crippen LogP contribution in [0.5, 0.6) is 5.75 Å². The van der Waals surface area contributed by atoms with E-state index in [1.54, 1.807) is 38.8 Å². The maximum absolute atomic E-state index is 16.8. The number of H-pyrrole nitrogens is 2. The number of thiazole rings is 1. The number of hydrogen-bond donors (Lipinski definition) is 4. The number of benzene rings is 2. The first-order valence-corrected chi connectivity index (χ1v) is 23.4. The molecule has 4 aromatic heterocycles. The number of alkyl carbamates (subject to hydrolysis) is 2. The fourth-order valence-electron chi connectivity index (χ4n) is 9.51. The summed E-state index contributed by atoms with van der Waals surface area (Å²) in [6.45, 7) is 8.22. The lowest BCUT2D eigenvalue weighted by Gasteiger charge is -2.30. The van der Waals surface area contributed by atoms with E-state index in [0.717, 1.165) is 12.6 Å². The monoisotopic (exact) mass is 974 g/mol. The van der Waals surface area contributed by atoms with Crippen LogP contribution in [0.25, 0.3) is 44.7 Å². The maximum Gasteiger partial charge on any atom is 0.443 e. The van der Waals surface area contributed by atoms with Gasteiger partial charge in [0, 0.05) is 35.8 Å². The number of methoxy groups -OCH3 is 2. The summed E-state index contributed by atoms with van der Waals surface area (Å²) in [4.78, 5) is 74.8. The van der Waals surface area contributed by atoms with E-state index < -0.39 is 53.5 Å². The number of nitrogens with one attached hydrogen (secondary N) is 4. The summed E-state index contributed by atoms with van der Waals surface area (Å²) < 4.78 is 76.3. The van der Waals surface area contributed by atoms with Gasteiger partial charge in [-0.15, -0.1) is 11.3 Å². The van der Waals surface area contributed by atoms with Crippen LogP contribution >= 0.6 is 11.3 Å². The molecule has 0 aliphatic carbocycles. The first-order valence-electron chi connectivity index (χ1n) is 22.5. The minimum absolute atomic E-state index is 0.0744. The third kappa shape index (κ3) is 8.85. The van der Waals surface area contributed by atoms with Crippen LogP contribution in [0.2, 0.25) is 0 Å². The third-order valence-corrected chi connectivity index (χ3v) is 14.0. The van der Waals surface area contributed by atoms with Crippen molar-refractivity contribution in [2.75, 3.05) is 27.3 Å². The van der Waals surface area contributed by atoms with Crippen molar-refractivity contribution < 1.29 is 51.0 Å². The van der Waals surface area contributed by atoms with Crippen LogP contribution in [0.3, 0.4) is 0 Å². The second-order valence-corrected chi connectivity index (χ2v) is 19.1. The normalized spacial score (nSPS) is 18.8. The average molecular weight is 975 g/mol. The number of halogens is 4. The lowest BCUT2D eigenvalue weighted by Crippen LogP contribution is -2.51. The molecule has 4 amide bonds. The van der Waals surface area contributed by atoms with E-state index in [4.69, 9.17) is 14.2 Å². The van der Waals surface area contributed by atoms with Crippen molar-refractivity contribution in [1.29, 1.82) is 0 Å². The number of imidazole rings is 2. The van der Waals surface area contributed by atoms with E-state index >= 15 is 4.39 Å². The molecule has 364 valence electrons. The number of likely N-dealkylation sites (tertiary alicyclic amines) is 2. The van der Waals surface area contributed by atoms with Gasteiger partial charge in [-0.3, -0.25) is 14.2 Å². The van der Waals surface area contributed by atoms with Crippen molar-refractivity contribution in [2.24, 2.45) is 11.8 Å². The van der Waals surface area contributed by atoms with Gasteiger partial charge in [-0.05, 0) is 67.9 Å². The molecule has 0 spiro atoms. The zero-order valence-electron chi connectivity index (χ0n) is 38.4. The SMILES string of the molecule is COC(=O)NC(C(=O)N1CCC[C@H]1c1ncc(-c2cc(F)c3c(c2)OC(c2cnc(C(F)(F)F)s2)n2c-3cc3cc(-c4cnc([C@@H]5CCCN5C(=O)C(NC(=O)OC)C(C)C)[nH]4)ccc32)[nH]1)C(C)C. The van der Waals surface area contributed by atoms with Crippen LogP contribution < -0.4 is 15.4 Å². The molecule has 69 heavy (non-hydrogen) atoms. The number of hydrogen-bond acceptors (Lipinski definition) is 11. The molecular weight excluding hydrogens is 925 g/mol. The van der Waals surface area contributed by atoms with Crippen molar-refractivity contribution >= 4 is 46.2 Å². The Morgan fingerprint density at radius 2 is 1.35 bits per heavy atom. The van der Waals surface area contributed by atoms with Gasteiger partial charge < -0.3 is 44.6 Å². The van der Waals surface area contributed by atoms with Gasteiger partial charge in [-0.2, -0.15) is 13.2 Å². The highest BCUT2D eigenvalue weighted by Gasteiger charge is 2.41. The average Bonchev–Trinajstić information content (AvgIpc) is 4.18. The molecule has 22 heteroatoms. The fourth-order valence-corrected chi connectivity index (χ4v) is 10.3. The second-order valence-electron chi connectivity index (χ2n) is 18.0. The number of nitrogens with zero attached hydrogens (tertiary/aromatic N) is 6. The number of fused-ring (bicyclic) bond motifs is 5. The Morgan fingerprint density at radius 1 is 0.783 bits per heavy atom. The smallest absolute Gasteiger partial charge is 0.443 e. The first-order chi connectivity index (χ1) is 32.9. The zero-order valence-corrected chi connectivity index (χ0v) is 39.3. The van der Waals surface area contributed by atoms with Crippen LogP contribution in [-0.4, -0.2) is 103 Å². The van der Waals surface area contributed by atoms with Gasteiger partial charge in [-0.1, -0.05) is 33.8 Å². The number of alkyl halides is 3. The van der Waals surface area contributed by atoms with Crippen molar-refractivity contribution in [3.05, 3.63) is 82.3 Å². The molecule has 9 rings (SSSR count). The molecule has 5 atom stereocenters. The standard InChI is InChI=1S/C47H50F4N10O7S/c1-22(2)37(57-45(64)66-5)41(62)59-13-7-9-31(59)39-52-19-28(55-39)24-11-12-30-26(15-24)17-33-36-27(48)16-25(18-34(36)68-43(61(30)33)35-21-54-44(69-35)47(49,50)51)29-20-53-40(56-29)32-10-8-14-60(32)42(63)38(23(3)4)58-46(65)67-6/h11-12,15-23,31-32,37-38,43H,7-10,13-14H2,1-6H3,(H,52,55)(H,53,56)(H,57,64)(H,58,65)/t31-,32-,37?,38?,43?/m0/s1. The Labute approximate surface area is 396 Å². The van der Waals surface area contributed by atoms with Gasteiger partial charge in [0.15, 0.2) is 5.01 Å². The van der Waals surface area contributed by atoms with Crippen LogP contribution in [0.4, 0.5) is 27.2 Å². The van der Waals surface area contributed by atoms with E-state index in [0.29, 0.717) is 94.4 Å². The molecule has 2 saturated heterocycles. The summed E-state index contributed by atoms with van der Waals surface area (Å²) in [7, 11) is 2.46. The van der Waals surface area contributed by atoms with Gasteiger partial charge in [0.2, 0.25) is 18.0 Å². The highest BCUT2D eigenvalue weighted by atomic mass is 32.1. The molecule has 3 unspecified atom stereocenters. The van der Waals surface area contributed by atoms with Gasteiger partial charge in [-0.25, -0.2) is 28.9 Å². The Kier molecular flexibility index (Phi) is 12.6. The fraction of sp³-hybridized carbons (Fsp3) is 0.426. The van der Waals surface area contributed by atoms with Gasteiger partial charge >= 0.3 is 18.4 Å². The van der Waals surface area contributed by atoms with E-state index in [-0.39, 0.29) is 45.9 Å². The highest BCUT2D eigenvalue weighted by Crippen LogP contribution is 2.49. The lowest BCUT2D eigenvalue weighted by molar-refractivity contribution is -0.138. The van der Waals surface area contributed by atoms with E-state index in [9.17, 15) is 32.3 Å². The lowest BCUT2D eigenvalue weighted by atomic mass is 10.0. The molecule has 17 nitrogen and oxygen atoms in total. The van der Waals surface area contributed by atoms with E-state index in [2.05, 4.69) is 35.6 Å². The number of carbonyl (C=O) groups excluding carboxylic acids is 4. The molecular formula is C47H50F4N10O7S. The van der Waals surface area contributed by atoms with E-state index in [1.165, 1.54) is 26.5 Å². The molecule has 3 aliphatic heterocycles. The number of aromatic nitrogens is 6. The Balaban J connectivity index is 1.04. The molecule has 0 saturated carbocycles. The topological polar surface area (TPSA) is 202 Å². The van der Waals surface area contributed by atoms with Crippen LogP contribution in [0.15, 0.2) is 55.0 Å². The summed E-state index contributed by atoms with van der Waals surface area (Å²) in [5.41, 5.74) is 3.09. The van der Waals surface area contributed by atoms with Crippen molar-refractivity contribution in [2.45, 2.75) is 89.9 Å². The quantitative estimate of drug-likeness (QED) is 0.0910. The van der Waals surface area contributed by atoms with Crippen molar-refractivity contribution in [3.63, 3.8) is 0 Å². The summed E-state index contributed by atoms with van der Waals surface area (Å²) in [6.07, 6.45) is -0.360. The molecule has 4 N–H and O–H groups in total. The number of amides is 4. The van der Waals surface area contributed by atoms with Gasteiger partial charge in [0.1, 0.15) is 35.3 Å². The summed E-state index contributed by atoms with van der Waals surface area (Å²) in [5.74, 6) is -0.555. The van der Waals surface area contributed by atoms with Gasteiger partial charge in [0.25, 0.3) is 0 Å². The Morgan fingerprint density at radius 3 is 1.87 bits per heavy atom. The molecule has 0 radical (unpaired) electrons. The zero-order chi connectivity index (χ0) is 49.1. The first kappa shape index (κ1) is 47.1. The van der Waals surface area contributed by atoms with Gasteiger partial charge in [0.05, 0.1) is 71.7 Å². The predicted octanol–water partition coefficient (Wildman–Crippen LogP) is 8.73. The summed E-state index contributed by atoms with van der Waals surface area (Å²) in [5, 5.41) is 4.85. The molecule has 2 aromatic carbocycles. The minimum Gasteiger partial charge on any atom is -0.464 e. The molecule has 0 bridgehead atoms. The maximum atomic E-state index is 16.8. The number of rotatable bonds is 11. The van der Waals surface area contributed by atoms with E-state index in [1.807, 2.05) is 39.8 Å². The summed E-state index contributed by atoms with van der Waals surface area (Å²) in [6, 6.07) is 7.66. The molecule has 6 aromatic rings. The van der Waals surface area contributed by atoms with Crippen LogP contribution in [0.1, 0.15) is 93.2 Å². The largest absolute Gasteiger partial charge is 0.464 e. The Bertz CT molecular complexity index is 2940. The van der Waals surface area contributed by atoms with Crippen molar-refractivity contribution in [1.82, 2.24) is 49.9 Å². The summed E-state index contributed by atoms with van der Waals surface area (Å²) >= 11 is 0.431. The van der Waals surface area contributed by atoms with Crippen molar-refractivity contribution in [3.8, 4) is 39.5 Å². The highest BCUT2D eigenvalue weighted by molar-refractivity contribution is 7.11.